The third-order valence-electron chi connectivity index (χ3n) is 2.30. The van der Waals surface area contributed by atoms with Crippen LogP contribution >= 0.6 is 0 Å². The summed E-state index contributed by atoms with van der Waals surface area (Å²) in [6.45, 7) is 0. The van der Waals surface area contributed by atoms with Gasteiger partial charge >= 0.3 is 0 Å². The zero-order valence-electron chi connectivity index (χ0n) is 9.60. The molecule has 0 aromatic heterocycles. The van der Waals surface area contributed by atoms with Crippen molar-refractivity contribution in [2.45, 2.75) is 4.90 Å². The number of sulfonamides is 1. The van der Waals surface area contributed by atoms with Crippen LogP contribution in [0.25, 0.3) is 0 Å². The van der Waals surface area contributed by atoms with Gasteiger partial charge in [-0.05, 0) is 42.5 Å². The van der Waals surface area contributed by atoms with Gasteiger partial charge in [-0.1, -0.05) is 0 Å². The van der Waals surface area contributed by atoms with Gasteiger partial charge in [0, 0.05) is 11.4 Å². The molecule has 0 atom stereocenters. The fourth-order valence-corrected chi connectivity index (χ4v) is 2.59. The third kappa shape index (κ3) is 3.19. The first kappa shape index (κ1) is 13.3. The fourth-order valence-electron chi connectivity index (χ4n) is 1.47. The molecule has 0 aliphatic heterocycles. The molecule has 0 amide bonds. The number of benzene rings is 2. The largest absolute Gasteiger partial charge is 0.399 e. The molecule has 0 radical (unpaired) electrons. The highest BCUT2D eigenvalue weighted by molar-refractivity contribution is 7.92. The fraction of sp³-hybridized carbons (Fsp3) is 0. The van der Waals surface area contributed by atoms with E-state index in [1.54, 1.807) is 0 Å². The molecule has 19 heavy (non-hydrogen) atoms. The van der Waals surface area contributed by atoms with Crippen LogP contribution in [0.4, 0.5) is 20.2 Å². The monoisotopic (exact) mass is 284 g/mol. The lowest BCUT2D eigenvalue weighted by Gasteiger charge is -2.08. The second-order valence-corrected chi connectivity index (χ2v) is 5.52. The number of hydrogen-bond donors (Lipinski definition) is 2. The molecule has 2 rings (SSSR count). The molecule has 0 saturated carbocycles. The van der Waals surface area contributed by atoms with E-state index in [2.05, 4.69) is 4.72 Å². The van der Waals surface area contributed by atoms with Crippen LogP contribution in [0.5, 0.6) is 0 Å². The molecule has 0 fully saturated rings. The van der Waals surface area contributed by atoms with E-state index < -0.39 is 21.7 Å². The lowest BCUT2D eigenvalue weighted by atomic mass is 10.3. The van der Waals surface area contributed by atoms with E-state index in [-0.39, 0.29) is 16.3 Å². The summed E-state index contributed by atoms with van der Waals surface area (Å²) < 4.78 is 52.0. The van der Waals surface area contributed by atoms with Gasteiger partial charge in [0.2, 0.25) is 0 Å². The summed E-state index contributed by atoms with van der Waals surface area (Å²) in [5, 5.41) is 0. The van der Waals surface area contributed by atoms with E-state index in [1.165, 1.54) is 12.1 Å². The van der Waals surface area contributed by atoms with E-state index in [0.717, 1.165) is 30.3 Å². The maximum Gasteiger partial charge on any atom is 0.262 e. The Bertz CT molecular complexity index is 680. The number of nitrogen functional groups attached to an aromatic ring is 1. The topological polar surface area (TPSA) is 72.2 Å². The van der Waals surface area contributed by atoms with Crippen LogP contribution in [-0.2, 0) is 10.0 Å². The first-order valence-corrected chi connectivity index (χ1v) is 6.69. The molecule has 0 aliphatic rings. The first-order valence-electron chi connectivity index (χ1n) is 5.21. The molecule has 0 bridgehead atoms. The van der Waals surface area contributed by atoms with Crippen LogP contribution < -0.4 is 10.5 Å². The molecule has 0 saturated heterocycles. The quantitative estimate of drug-likeness (QED) is 0.850. The van der Waals surface area contributed by atoms with Crippen molar-refractivity contribution in [3.8, 4) is 0 Å². The highest BCUT2D eigenvalue weighted by Crippen LogP contribution is 2.19. The Morgan fingerprint density at radius 2 is 1.58 bits per heavy atom. The molecule has 0 aliphatic carbocycles. The van der Waals surface area contributed by atoms with Gasteiger partial charge < -0.3 is 5.73 Å². The molecule has 3 N–H and O–H groups in total. The Labute approximate surface area is 108 Å². The Morgan fingerprint density at radius 1 is 0.947 bits per heavy atom. The maximum atomic E-state index is 13.1. The van der Waals surface area contributed by atoms with Gasteiger partial charge in [0.05, 0.1) is 4.90 Å². The van der Waals surface area contributed by atoms with Gasteiger partial charge in [0.15, 0.2) is 0 Å². The van der Waals surface area contributed by atoms with Crippen molar-refractivity contribution in [2.75, 3.05) is 10.5 Å². The van der Waals surface area contributed by atoms with E-state index >= 15 is 0 Å². The third-order valence-corrected chi connectivity index (χ3v) is 3.66. The molecular formula is C12H10F2N2O2S. The van der Waals surface area contributed by atoms with E-state index in [0.29, 0.717) is 0 Å². The van der Waals surface area contributed by atoms with Crippen molar-refractivity contribution in [1.29, 1.82) is 0 Å². The Balaban J connectivity index is 2.34. The zero-order valence-corrected chi connectivity index (χ0v) is 10.4. The smallest absolute Gasteiger partial charge is 0.262 e. The Kier molecular flexibility index (Phi) is 3.39. The van der Waals surface area contributed by atoms with Crippen molar-refractivity contribution in [3.05, 3.63) is 54.1 Å². The summed E-state index contributed by atoms with van der Waals surface area (Å²) >= 11 is 0. The van der Waals surface area contributed by atoms with Crippen LogP contribution in [0, 0.1) is 11.6 Å². The maximum absolute atomic E-state index is 13.1. The van der Waals surface area contributed by atoms with Crippen molar-refractivity contribution in [2.24, 2.45) is 0 Å². The van der Waals surface area contributed by atoms with Crippen LogP contribution in [0.15, 0.2) is 47.4 Å². The molecule has 100 valence electrons. The number of rotatable bonds is 3. The van der Waals surface area contributed by atoms with Gasteiger partial charge in [-0.3, -0.25) is 4.72 Å². The molecule has 0 unspecified atom stereocenters. The minimum absolute atomic E-state index is 0.000480. The summed E-state index contributed by atoms with van der Waals surface area (Å²) in [4.78, 5) is -0.297. The summed E-state index contributed by atoms with van der Waals surface area (Å²) in [7, 11) is -3.96. The van der Waals surface area contributed by atoms with Crippen LogP contribution in [0.2, 0.25) is 0 Å². The van der Waals surface area contributed by atoms with E-state index in [1.807, 2.05) is 0 Å². The second-order valence-electron chi connectivity index (χ2n) is 3.83. The minimum Gasteiger partial charge on any atom is -0.399 e. The highest BCUT2D eigenvalue weighted by atomic mass is 32.2. The standard InChI is InChI=1S/C12H10F2N2O2S/c13-8-1-3-11(4-2-8)16-19(17,18)12-6-9(14)5-10(15)7-12/h1-7,16H,15H2. The van der Waals surface area contributed by atoms with Gasteiger partial charge in [-0.15, -0.1) is 0 Å². The van der Waals surface area contributed by atoms with Crippen LogP contribution in [0.3, 0.4) is 0 Å². The van der Waals surface area contributed by atoms with Gasteiger partial charge in [0.1, 0.15) is 11.6 Å². The summed E-state index contributed by atoms with van der Waals surface area (Å²) in [6, 6.07) is 7.73. The summed E-state index contributed by atoms with van der Waals surface area (Å²) in [6.07, 6.45) is 0. The normalized spacial score (nSPS) is 11.3. The average Bonchev–Trinajstić information content (AvgIpc) is 2.31. The zero-order chi connectivity index (χ0) is 14.0. The van der Waals surface area contributed by atoms with Crippen molar-refractivity contribution >= 4 is 21.4 Å². The van der Waals surface area contributed by atoms with Crippen molar-refractivity contribution < 1.29 is 17.2 Å². The van der Waals surface area contributed by atoms with E-state index in [9.17, 15) is 17.2 Å². The lowest BCUT2D eigenvalue weighted by Crippen LogP contribution is -2.13. The van der Waals surface area contributed by atoms with Crippen LogP contribution in [0.1, 0.15) is 0 Å². The molecular weight excluding hydrogens is 274 g/mol. The predicted octanol–water partition coefficient (Wildman–Crippen LogP) is 2.35. The summed E-state index contributed by atoms with van der Waals surface area (Å²) in [5.74, 6) is -1.24. The predicted molar refractivity (Wildman–Crippen MR) is 68.0 cm³/mol. The molecule has 4 nitrogen and oxygen atoms in total. The Hall–Kier alpha value is -2.15. The summed E-state index contributed by atoms with van der Waals surface area (Å²) in [5.41, 5.74) is 5.56. The molecule has 2 aromatic rings. The SMILES string of the molecule is Nc1cc(F)cc(S(=O)(=O)Nc2ccc(F)cc2)c1. The molecule has 0 spiro atoms. The van der Waals surface area contributed by atoms with Gasteiger partial charge in [0.25, 0.3) is 10.0 Å². The molecule has 0 heterocycles. The van der Waals surface area contributed by atoms with Crippen molar-refractivity contribution in [3.63, 3.8) is 0 Å². The van der Waals surface area contributed by atoms with Crippen LogP contribution in [-0.4, -0.2) is 8.42 Å². The number of anilines is 2. The first-order chi connectivity index (χ1) is 8.87. The molecule has 2 aromatic carbocycles. The van der Waals surface area contributed by atoms with Gasteiger partial charge in [-0.2, -0.15) is 0 Å². The van der Waals surface area contributed by atoms with Crippen molar-refractivity contribution in [1.82, 2.24) is 0 Å². The van der Waals surface area contributed by atoms with E-state index in [4.69, 9.17) is 5.73 Å². The number of nitrogens with two attached hydrogens (primary N) is 1. The highest BCUT2D eigenvalue weighted by Gasteiger charge is 2.15. The number of halogens is 2. The number of nitrogens with one attached hydrogen (secondary N) is 1. The number of hydrogen-bond acceptors (Lipinski definition) is 3. The molecule has 7 heteroatoms. The minimum atomic E-state index is -3.96. The van der Waals surface area contributed by atoms with Gasteiger partial charge in [-0.25, -0.2) is 17.2 Å². The lowest BCUT2D eigenvalue weighted by molar-refractivity contribution is 0.595. The Morgan fingerprint density at radius 3 is 2.16 bits per heavy atom. The second kappa shape index (κ2) is 4.85. The average molecular weight is 284 g/mol.